The minimum absolute atomic E-state index is 0.269. The van der Waals surface area contributed by atoms with Crippen LogP contribution < -0.4 is 4.74 Å². The van der Waals surface area contributed by atoms with Gasteiger partial charge in [-0.15, -0.1) is 0 Å². The molecule has 0 unspecified atom stereocenters. The van der Waals surface area contributed by atoms with Crippen molar-refractivity contribution in [3.8, 4) is 5.88 Å². The minimum Gasteiger partial charge on any atom is -0.474 e. The van der Waals surface area contributed by atoms with Gasteiger partial charge < -0.3 is 9.47 Å². The zero-order valence-electron chi connectivity index (χ0n) is 12.0. The second kappa shape index (κ2) is 5.60. The highest BCUT2D eigenvalue weighted by atomic mass is 32.2. The molecule has 2 saturated heterocycles. The Morgan fingerprint density at radius 1 is 1.35 bits per heavy atom. The second-order valence-corrected chi connectivity index (χ2v) is 7.58. The third kappa shape index (κ3) is 3.15. The highest BCUT2D eigenvalue weighted by molar-refractivity contribution is 7.90. The quantitative estimate of drug-likeness (QED) is 0.826. The molecule has 1 atom stereocenters. The Morgan fingerprint density at radius 2 is 2.09 bits per heavy atom. The van der Waals surface area contributed by atoms with E-state index in [-0.39, 0.29) is 19.2 Å². The van der Waals surface area contributed by atoms with Crippen molar-refractivity contribution >= 4 is 10.0 Å². The van der Waals surface area contributed by atoms with E-state index in [1.807, 2.05) is 0 Å². The average Bonchev–Trinajstić information content (AvgIpc) is 2.45. The third-order valence-electron chi connectivity index (χ3n) is 3.93. The molecule has 0 N–H and O–H groups in total. The molecule has 1 aromatic heterocycles. The van der Waals surface area contributed by atoms with Gasteiger partial charge in [-0.2, -0.15) is 17.5 Å². The minimum atomic E-state index is -5.29. The van der Waals surface area contributed by atoms with Gasteiger partial charge in [0.15, 0.2) is 0 Å². The summed E-state index contributed by atoms with van der Waals surface area (Å²) < 4.78 is 71.9. The van der Waals surface area contributed by atoms with Gasteiger partial charge in [0.1, 0.15) is 6.10 Å². The van der Waals surface area contributed by atoms with E-state index >= 15 is 0 Å². The Balaban J connectivity index is 1.62. The fourth-order valence-electron chi connectivity index (χ4n) is 2.80. The zero-order valence-corrected chi connectivity index (χ0v) is 12.8. The molecule has 10 heteroatoms. The van der Waals surface area contributed by atoms with E-state index in [0.717, 1.165) is 0 Å². The molecule has 6 nitrogen and oxygen atoms in total. The van der Waals surface area contributed by atoms with Crippen LogP contribution in [0, 0.1) is 0 Å². The van der Waals surface area contributed by atoms with Gasteiger partial charge >= 0.3 is 15.5 Å². The van der Waals surface area contributed by atoms with Gasteiger partial charge in [-0.1, -0.05) is 6.07 Å². The van der Waals surface area contributed by atoms with Crippen LogP contribution in [0.3, 0.4) is 0 Å². The van der Waals surface area contributed by atoms with Crippen molar-refractivity contribution in [3.05, 3.63) is 24.4 Å². The van der Waals surface area contributed by atoms with Crippen LogP contribution >= 0.6 is 0 Å². The number of ether oxygens (including phenoxy) is 2. The molecular weight excluding hydrogens is 337 g/mol. The topological polar surface area (TPSA) is 68.7 Å². The number of aromatic nitrogens is 1. The molecule has 128 valence electrons. The molecule has 3 rings (SSSR count). The molecule has 0 bridgehead atoms. The molecule has 3 heterocycles. The van der Waals surface area contributed by atoms with Crippen molar-refractivity contribution in [2.24, 2.45) is 0 Å². The number of hydrogen-bond acceptors (Lipinski definition) is 5. The molecule has 0 aliphatic carbocycles. The summed E-state index contributed by atoms with van der Waals surface area (Å²) in [6.45, 7) is -0.314. The van der Waals surface area contributed by atoms with Crippen LogP contribution in [0.2, 0.25) is 0 Å². The van der Waals surface area contributed by atoms with Crippen LogP contribution in [0.15, 0.2) is 24.4 Å². The average molecular weight is 352 g/mol. The number of sulfonamides is 1. The fraction of sp³-hybridized carbons (Fsp3) is 0.615. The van der Waals surface area contributed by atoms with Gasteiger partial charge in [0.2, 0.25) is 5.88 Å². The van der Waals surface area contributed by atoms with Gasteiger partial charge in [0, 0.05) is 38.2 Å². The lowest BCUT2D eigenvalue weighted by atomic mass is 9.86. The van der Waals surface area contributed by atoms with Crippen LogP contribution in [0.25, 0.3) is 0 Å². The molecule has 2 fully saturated rings. The first-order chi connectivity index (χ1) is 10.7. The van der Waals surface area contributed by atoms with Crippen LogP contribution in [-0.2, 0) is 14.8 Å². The number of alkyl halides is 3. The van der Waals surface area contributed by atoms with Crippen molar-refractivity contribution in [2.75, 3.05) is 19.7 Å². The van der Waals surface area contributed by atoms with Gasteiger partial charge in [0.05, 0.1) is 12.2 Å². The molecule has 2 aliphatic rings. The summed E-state index contributed by atoms with van der Waals surface area (Å²) in [4.78, 5) is 4.03. The molecule has 0 saturated carbocycles. The number of halogens is 3. The molecule has 0 amide bonds. The lowest BCUT2D eigenvalue weighted by molar-refractivity contribution is -0.168. The summed E-state index contributed by atoms with van der Waals surface area (Å²) in [6, 6.07) is 5.19. The first-order valence-electron chi connectivity index (χ1n) is 7.00. The van der Waals surface area contributed by atoms with Gasteiger partial charge in [-0.05, 0) is 6.07 Å². The first kappa shape index (κ1) is 16.5. The zero-order chi connectivity index (χ0) is 16.7. The van der Waals surface area contributed by atoms with E-state index in [1.165, 1.54) is 0 Å². The monoisotopic (exact) mass is 352 g/mol. The van der Waals surface area contributed by atoms with Crippen molar-refractivity contribution in [1.29, 1.82) is 0 Å². The predicted molar refractivity (Wildman–Crippen MR) is 73.1 cm³/mol. The Kier molecular flexibility index (Phi) is 4.01. The van der Waals surface area contributed by atoms with Gasteiger partial charge in [-0.25, -0.2) is 13.4 Å². The van der Waals surface area contributed by atoms with Crippen LogP contribution in [0.1, 0.15) is 12.8 Å². The lowest BCUT2D eigenvalue weighted by Gasteiger charge is -2.51. The summed E-state index contributed by atoms with van der Waals surface area (Å²) in [7, 11) is -5.29. The van der Waals surface area contributed by atoms with E-state index in [9.17, 15) is 21.6 Å². The molecule has 0 radical (unpaired) electrons. The molecule has 0 aromatic carbocycles. The molecule has 1 aromatic rings. The molecular formula is C13H15F3N2O4S. The summed E-state index contributed by atoms with van der Waals surface area (Å²) in [5.74, 6) is 0.425. The number of pyridine rings is 1. The second-order valence-electron chi connectivity index (χ2n) is 5.65. The van der Waals surface area contributed by atoms with Crippen molar-refractivity contribution in [2.45, 2.75) is 30.1 Å². The number of rotatable bonds is 3. The van der Waals surface area contributed by atoms with Crippen LogP contribution in [0.5, 0.6) is 5.88 Å². The summed E-state index contributed by atoms with van der Waals surface area (Å²) in [5.41, 5.74) is -6.19. The highest BCUT2D eigenvalue weighted by Crippen LogP contribution is 2.40. The molecule has 2 aliphatic heterocycles. The van der Waals surface area contributed by atoms with Crippen molar-refractivity contribution in [1.82, 2.24) is 9.29 Å². The summed E-state index contributed by atoms with van der Waals surface area (Å²) in [6.07, 6.45) is 2.21. The van der Waals surface area contributed by atoms with Crippen LogP contribution in [-0.4, -0.2) is 54.6 Å². The summed E-state index contributed by atoms with van der Waals surface area (Å²) >= 11 is 0. The SMILES string of the molecule is O=S(=O)(N1CC2(C[C@@H](Oc3ccccn3)CCO2)C1)C(F)(F)F. The Labute approximate surface area is 131 Å². The van der Waals surface area contributed by atoms with Gasteiger partial charge in [0.25, 0.3) is 0 Å². The number of nitrogens with zero attached hydrogens (tertiary/aromatic N) is 2. The molecule has 23 heavy (non-hydrogen) atoms. The van der Waals surface area contributed by atoms with E-state index < -0.39 is 21.1 Å². The maximum Gasteiger partial charge on any atom is 0.511 e. The Morgan fingerprint density at radius 3 is 2.70 bits per heavy atom. The highest BCUT2D eigenvalue weighted by Gasteiger charge is 2.59. The maximum atomic E-state index is 12.5. The van der Waals surface area contributed by atoms with E-state index in [0.29, 0.717) is 29.6 Å². The summed E-state index contributed by atoms with van der Waals surface area (Å²) in [5, 5.41) is 0. The van der Waals surface area contributed by atoms with Crippen molar-refractivity contribution < 1.29 is 31.1 Å². The smallest absolute Gasteiger partial charge is 0.474 e. The first-order valence-corrected chi connectivity index (χ1v) is 8.44. The lowest BCUT2D eigenvalue weighted by Crippen LogP contribution is -2.68. The van der Waals surface area contributed by atoms with E-state index in [4.69, 9.17) is 9.47 Å². The van der Waals surface area contributed by atoms with E-state index in [1.54, 1.807) is 24.4 Å². The molecule has 1 spiro atoms. The van der Waals surface area contributed by atoms with Crippen molar-refractivity contribution in [3.63, 3.8) is 0 Å². The van der Waals surface area contributed by atoms with Gasteiger partial charge in [-0.3, -0.25) is 0 Å². The van der Waals surface area contributed by atoms with E-state index in [2.05, 4.69) is 4.98 Å². The van der Waals surface area contributed by atoms with Crippen LogP contribution in [0.4, 0.5) is 13.2 Å². The maximum absolute atomic E-state index is 12.5. The Hall–Kier alpha value is -1.39. The number of hydrogen-bond donors (Lipinski definition) is 0. The third-order valence-corrected chi connectivity index (χ3v) is 5.46. The largest absolute Gasteiger partial charge is 0.511 e. The Bertz CT molecular complexity index is 660. The standard InChI is InChI=1S/C13H15F3N2O4S/c14-13(15,16)23(19,20)18-8-12(9-18)7-10(4-6-21-12)22-11-3-1-2-5-17-11/h1-3,5,10H,4,6-9H2/t10-/m0/s1. The predicted octanol–water partition coefficient (Wildman–Crippen LogP) is 1.54. The normalized spacial score (nSPS) is 25.1. The fourth-order valence-corrected chi connectivity index (χ4v) is 3.91.